The van der Waals surface area contributed by atoms with Gasteiger partial charge in [-0.3, -0.25) is 4.79 Å². The Labute approximate surface area is 120 Å². The molecule has 1 amide bonds. The van der Waals surface area contributed by atoms with Gasteiger partial charge in [0.15, 0.2) is 0 Å². The number of nitrogens with zero attached hydrogens (tertiary/aromatic N) is 1. The Balaban J connectivity index is 1.99. The lowest BCUT2D eigenvalue weighted by Gasteiger charge is -2.36. The van der Waals surface area contributed by atoms with Crippen molar-refractivity contribution in [3.63, 3.8) is 0 Å². The van der Waals surface area contributed by atoms with E-state index in [0.717, 1.165) is 25.7 Å². The van der Waals surface area contributed by atoms with E-state index in [1.165, 1.54) is 7.11 Å². The summed E-state index contributed by atoms with van der Waals surface area (Å²) >= 11 is 0. The van der Waals surface area contributed by atoms with E-state index in [2.05, 4.69) is 0 Å². The summed E-state index contributed by atoms with van der Waals surface area (Å²) in [6, 6.07) is 0. The number of rotatable bonds is 2. The normalized spacial score (nSPS) is 25.0. The minimum absolute atomic E-state index is 0.117. The lowest BCUT2D eigenvalue weighted by atomic mass is 9.82. The third kappa shape index (κ3) is 3.07. The van der Waals surface area contributed by atoms with Crippen LogP contribution >= 0.6 is 0 Å². The number of amides is 1. The molecular formula is C15H25NO4. The first-order chi connectivity index (χ1) is 9.28. The molecule has 0 N–H and O–H groups in total. The van der Waals surface area contributed by atoms with Crippen LogP contribution in [-0.4, -0.2) is 42.8 Å². The number of carbonyl (C=O) groups excluding carboxylic acids is 2. The SMILES string of the molecule is COC(=O)C1(C2CCCN(C(=O)OC(C)(C)C)C2)CC1. The van der Waals surface area contributed by atoms with Crippen LogP contribution in [-0.2, 0) is 14.3 Å². The van der Waals surface area contributed by atoms with E-state index in [1.54, 1.807) is 4.90 Å². The molecule has 1 saturated carbocycles. The second kappa shape index (κ2) is 5.26. The van der Waals surface area contributed by atoms with E-state index in [4.69, 9.17) is 9.47 Å². The number of piperidine rings is 1. The van der Waals surface area contributed by atoms with Crippen molar-refractivity contribution in [1.29, 1.82) is 0 Å². The van der Waals surface area contributed by atoms with Gasteiger partial charge in [0, 0.05) is 13.1 Å². The molecule has 0 radical (unpaired) electrons. The largest absolute Gasteiger partial charge is 0.469 e. The summed E-state index contributed by atoms with van der Waals surface area (Å²) in [6.07, 6.45) is 3.39. The molecule has 1 aliphatic heterocycles. The van der Waals surface area contributed by atoms with E-state index < -0.39 is 5.60 Å². The summed E-state index contributed by atoms with van der Waals surface area (Å²) in [7, 11) is 1.44. The summed E-state index contributed by atoms with van der Waals surface area (Å²) in [5.41, 5.74) is -0.820. The first-order valence-electron chi connectivity index (χ1n) is 7.35. The van der Waals surface area contributed by atoms with E-state index in [0.29, 0.717) is 13.1 Å². The Kier molecular flexibility index (Phi) is 3.98. The van der Waals surface area contributed by atoms with Crippen LogP contribution in [0.2, 0.25) is 0 Å². The zero-order valence-electron chi connectivity index (χ0n) is 12.9. The van der Waals surface area contributed by atoms with Crippen molar-refractivity contribution < 1.29 is 19.1 Å². The monoisotopic (exact) mass is 283 g/mol. The maximum absolute atomic E-state index is 12.1. The molecule has 2 aliphatic rings. The highest BCUT2D eigenvalue weighted by Gasteiger charge is 2.57. The molecule has 2 rings (SSSR count). The molecule has 1 unspecified atom stereocenters. The topological polar surface area (TPSA) is 55.8 Å². The van der Waals surface area contributed by atoms with Crippen molar-refractivity contribution in [3.8, 4) is 0 Å². The van der Waals surface area contributed by atoms with Gasteiger partial charge in [-0.15, -0.1) is 0 Å². The van der Waals surface area contributed by atoms with Crippen LogP contribution in [0.15, 0.2) is 0 Å². The fraction of sp³-hybridized carbons (Fsp3) is 0.867. The maximum Gasteiger partial charge on any atom is 0.410 e. The first-order valence-corrected chi connectivity index (χ1v) is 7.35. The van der Waals surface area contributed by atoms with Crippen molar-refractivity contribution in [3.05, 3.63) is 0 Å². The summed E-state index contributed by atoms with van der Waals surface area (Å²) in [6.45, 7) is 6.90. The maximum atomic E-state index is 12.1. The lowest BCUT2D eigenvalue weighted by molar-refractivity contribution is -0.150. The molecule has 1 atom stereocenters. The van der Waals surface area contributed by atoms with Gasteiger partial charge < -0.3 is 14.4 Å². The van der Waals surface area contributed by atoms with Gasteiger partial charge in [0.1, 0.15) is 5.60 Å². The van der Waals surface area contributed by atoms with E-state index in [9.17, 15) is 9.59 Å². The summed E-state index contributed by atoms with van der Waals surface area (Å²) in [5.74, 6) is 0.0877. The van der Waals surface area contributed by atoms with Crippen LogP contribution in [0.3, 0.4) is 0 Å². The van der Waals surface area contributed by atoms with Gasteiger partial charge in [-0.05, 0) is 52.4 Å². The average Bonchev–Trinajstić information content (AvgIpc) is 3.17. The molecule has 0 aromatic heterocycles. The number of carbonyl (C=O) groups is 2. The van der Waals surface area contributed by atoms with Gasteiger partial charge in [-0.1, -0.05) is 0 Å². The molecule has 114 valence electrons. The lowest BCUT2D eigenvalue weighted by Crippen LogP contribution is -2.46. The number of hydrogen-bond acceptors (Lipinski definition) is 4. The molecule has 5 heteroatoms. The Bertz CT molecular complexity index is 395. The Morgan fingerprint density at radius 1 is 1.25 bits per heavy atom. The molecule has 5 nitrogen and oxygen atoms in total. The van der Waals surface area contributed by atoms with Crippen LogP contribution in [0.5, 0.6) is 0 Å². The van der Waals surface area contributed by atoms with E-state index in [1.807, 2.05) is 20.8 Å². The number of hydrogen-bond donors (Lipinski definition) is 0. The molecule has 1 saturated heterocycles. The highest BCUT2D eigenvalue weighted by Crippen LogP contribution is 2.55. The van der Waals surface area contributed by atoms with Crippen LogP contribution in [0.25, 0.3) is 0 Å². The molecule has 0 bridgehead atoms. The summed E-state index contributed by atoms with van der Waals surface area (Å²) < 4.78 is 10.3. The van der Waals surface area contributed by atoms with E-state index >= 15 is 0 Å². The first kappa shape index (κ1) is 15.1. The van der Waals surface area contributed by atoms with Crippen molar-refractivity contribution in [1.82, 2.24) is 4.90 Å². The molecule has 0 spiro atoms. The van der Waals surface area contributed by atoms with Crippen LogP contribution in [0.1, 0.15) is 46.5 Å². The van der Waals surface area contributed by atoms with Crippen LogP contribution in [0.4, 0.5) is 4.79 Å². The Hall–Kier alpha value is -1.26. The molecule has 0 aromatic carbocycles. The highest BCUT2D eigenvalue weighted by atomic mass is 16.6. The minimum atomic E-state index is -0.482. The van der Waals surface area contributed by atoms with Crippen molar-refractivity contribution in [2.45, 2.75) is 52.1 Å². The van der Waals surface area contributed by atoms with Crippen molar-refractivity contribution in [2.75, 3.05) is 20.2 Å². The van der Waals surface area contributed by atoms with E-state index in [-0.39, 0.29) is 23.4 Å². The van der Waals surface area contributed by atoms with Crippen molar-refractivity contribution >= 4 is 12.1 Å². The molecule has 1 heterocycles. The fourth-order valence-corrected chi connectivity index (χ4v) is 3.04. The smallest absolute Gasteiger partial charge is 0.410 e. The third-order valence-electron chi connectivity index (χ3n) is 4.24. The predicted octanol–water partition coefficient (Wildman–Crippen LogP) is 2.59. The highest BCUT2D eigenvalue weighted by molar-refractivity contribution is 5.80. The predicted molar refractivity (Wildman–Crippen MR) is 74.2 cm³/mol. The second-order valence-electron chi connectivity index (χ2n) is 6.91. The minimum Gasteiger partial charge on any atom is -0.469 e. The van der Waals surface area contributed by atoms with Gasteiger partial charge in [0.05, 0.1) is 12.5 Å². The zero-order valence-corrected chi connectivity index (χ0v) is 12.9. The van der Waals surface area contributed by atoms with Crippen LogP contribution < -0.4 is 0 Å². The standard InChI is InChI=1S/C15H25NO4/c1-14(2,3)20-13(18)16-9-5-6-11(10-16)15(7-8-15)12(17)19-4/h11H,5-10H2,1-4H3. The van der Waals surface area contributed by atoms with Gasteiger partial charge >= 0.3 is 12.1 Å². The molecule has 0 aromatic rings. The number of esters is 1. The summed E-state index contributed by atoms with van der Waals surface area (Å²) in [5, 5.41) is 0. The van der Waals surface area contributed by atoms with Gasteiger partial charge in [0.25, 0.3) is 0 Å². The Morgan fingerprint density at radius 2 is 1.90 bits per heavy atom. The molecule has 2 fully saturated rings. The van der Waals surface area contributed by atoms with Crippen LogP contribution in [0, 0.1) is 11.3 Å². The molecule has 1 aliphatic carbocycles. The molecule has 20 heavy (non-hydrogen) atoms. The van der Waals surface area contributed by atoms with Gasteiger partial charge in [-0.25, -0.2) is 4.79 Å². The number of likely N-dealkylation sites (tertiary alicyclic amines) is 1. The average molecular weight is 283 g/mol. The zero-order chi connectivity index (χ0) is 15.0. The summed E-state index contributed by atoms with van der Waals surface area (Å²) in [4.78, 5) is 25.8. The molecular weight excluding hydrogens is 258 g/mol. The quantitative estimate of drug-likeness (QED) is 0.731. The third-order valence-corrected chi connectivity index (χ3v) is 4.24. The fourth-order valence-electron chi connectivity index (χ4n) is 3.04. The number of methoxy groups -OCH3 is 1. The van der Waals surface area contributed by atoms with Crippen molar-refractivity contribution in [2.24, 2.45) is 11.3 Å². The van der Waals surface area contributed by atoms with Gasteiger partial charge in [-0.2, -0.15) is 0 Å². The van der Waals surface area contributed by atoms with Gasteiger partial charge in [0.2, 0.25) is 0 Å². The number of ether oxygens (including phenoxy) is 2. The Morgan fingerprint density at radius 3 is 2.40 bits per heavy atom. The second-order valence-corrected chi connectivity index (χ2v) is 6.91.